The molecular formula is C24H21Cl2N3O3S. The first-order valence-electron chi connectivity index (χ1n) is 9.97. The van der Waals surface area contributed by atoms with E-state index >= 15 is 0 Å². The number of carbonyl (C=O) groups excluding carboxylic acids is 2. The lowest BCUT2D eigenvalue weighted by molar-refractivity contribution is -0.119. The van der Waals surface area contributed by atoms with Crippen LogP contribution >= 0.6 is 35.4 Å². The Labute approximate surface area is 207 Å². The van der Waals surface area contributed by atoms with Crippen molar-refractivity contribution in [1.29, 1.82) is 0 Å². The standard InChI is InChI=1S/C24H21Cl2N3O3S/c1-14(2)23(31)27-18-4-3-5-19(13-18)28-24(33)29-22(30)9-7-20-6-8-21(32-20)15-10-16(25)12-17(26)11-15/h3-14H,1-2H3,(H,27,31)(H2,28,29,30,33)/b9-7+. The third-order valence-electron chi connectivity index (χ3n) is 4.32. The number of halogens is 2. The molecule has 6 nitrogen and oxygen atoms in total. The molecule has 0 bridgehead atoms. The quantitative estimate of drug-likeness (QED) is 0.269. The molecule has 0 aliphatic heterocycles. The van der Waals surface area contributed by atoms with Crippen LogP contribution in [0.25, 0.3) is 17.4 Å². The highest BCUT2D eigenvalue weighted by Gasteiger charge is 2.09. The number of nitrogens with one attached hydrogen (secondary N) is 3. The van der Waals surface area contributed by atoms with Crippen molar-refractivity contribution in [2.45, 2.75) is 13.8 Å². The largest absolute Gasteiger partial charge is 0.457 e. The number of furan rings is 1. The Balaban J connectivity index is 1.56. The van der Waals surface area contributed by atoms with Crippen molar-refractivity contribution >= 4 is 69.8 Å². The van der Waals surface area contributed by atoms with Crippen molar-refractivity contribution < 1.29 is 14.0 Å². The Morgan fingerprint density at radius 3 is 2.30 bits per heavy atom. The van der Waals surface area contributed by atoms with Crippen molar-refractivity contribution in [3.63, 3.8) is 0 Å². The highest BCUT2D eigenvalue weighted by Crippen LogP contribution is 2.28. The molecule has 1 heterocycles. The van der Waals surface area contributed by atoms with Gasteiger partial charge in [-0.25, -0.2) is 0 Å². The monoisotopic (exact) mass is 501 g/mol. The molecule has 0 saturated heterocycles. The zero-order valence-corrected chi connectivity index (χ0v) is 20.1. The van der Waals surface area contributed by atoms with Crippen molar-refractivity contribution in [2.24, 2.45) is 5.92 Å². The maximum absolute atomic E-state index is 12.2. The third kappa shape index (κ3) is 7.46. The van der Waals surface area contributed by atoms with Gasteiger partial charge in [-0.05, 0) is 66.8 Å². The van der Waals surface area contributed by atoms with E-state index in [-0.39, 0.29) is 16.9 Å². The lowest BCUT2D eigenvalue weighted by Gasteiger charge is -2.11. The van der Waals surface area contributed by atoms with Gasteiger partial charge in [0.05, 0.1) is 0 Å². The van der Waals surface area contributed by atoms with Gasteiger partial charge in [0.2, 0.25) is 11.8 Å². The second-order valence-electron chi connectivity index (χ2n) is 7.36. The predicted octanol–water partition coefficient (Wildman–Crippen LogP) is 6.37. The van der Waals surface area contributed by atoms with Crippen LogP contribution < -0.4 is 16.0 Å². The van der Waals surface area contributed by atoms with Gasteiger partial charge in [0, 0.05) is 39.0 Å². The van der Waals surface area contributed by atoms with Crippen molar-refractivity contribution in [3.05, 3.63) is 76.5 Å². The predicted molar refractivity (Wildman–Crippen MR) is 137 cm³/mol. The number of benzene rings is 2. The number of thiocarbonyl (C=S) groups is 1. The van der Waals surface area contributed by atoms with E-state index in [1.54, 1.807) is 54.6 Å². The molecule has 0 aliphatic rings. The van der Waals surface area contributed by atoms with E-state index in [9.17, 15) is 9.59 Å². The summed E-state index contributed by atoms with van der Waals surface area (Å²) < 4.78 is 5.73. The van der Waals surface area contributed by atoms with E-state index in [1.807, 2.05) is 13.8 Å². The van der Waals surface area contributed by atoms with E-state index in [0.717, 1.165) is 5.56 Å². The summed E-state index contributed by atoms with van der Waals surface area (Å²) in [6, 6.07) is 15.6. The van der Waals surface area contributed by atoms with E-state index in [1.165, 1.54) is 12.2 Å². The minimum absolute atomic E-state index is 0.0901. The van der Waals surface area contributed by atoms with Gasteiger partial charge >= 0.3 is 0 Å². The molecule has 0 fully saturated rings. The molecule has 1 aromatic heterocycles. The fourth-order valence-corrected chi connectivity index (χ4v) is 3.47. The average molecular weight is 502 g/mol. The van der Waals surface area contributed by atoms with Gasteiger partial charge in [0.15, 0.2) is 5.11 Å². The van der Waals surface area contributed by atoms with Gasteiger partial charge < -0.3 is 15.1 Å². The number of anilines is 2. The van der Waals surface area contributed by atoms with E-state index in [4.69, 9.17) is 39.8 Å². The van der Waals surface area contributed by atoms with Gasteiger partial charge in [-0.3, -0.25) is 14.9 Å². The zero-order chi connectivity index (χ0) is 24.0. The van der Waals surface area contributed by atoms with Crippen LogP contribution in [0.5, 0.6) is 0 Å². The van der Waals surface area contributed by atoms with Crippen LogP contribution in [0.15, 0.2) is 65.1 Å². The van der Waals surface area contributed by atoms with Gasteiger partial charge in [0.25, 0.3) is 0 Å². The molecule has 3 rings (SSSR count). The molecule has 0 unspecified atom stereocenters. The first-order chi connectivity index (χ1) is 15.7. The van der Waals surface area contributed by atoms with Crippen LogP contribution in [-0.4, -0.2) is 16.9 Å². The number of rotatable bonds is 6. The van der Waals surface area contributed by atoms with Crippen LogP contribution in [-0.2, 0) is 9.59 Å². The molecule has 0 aliphatic carbocycles. The van der Waals surface area contributed by atoms with Crippen LogP contribution in [0, 0.1) is 5.92 Å². The Hall–Kier alpha value is -3.13. The summed E-state index contributed by atoms with van der Waals surface area (Å²) in [5.41, 5.74) is 1.98. The average Bonchev–Trinajstić information content (AvgIpc) is 3.21. The Morgan fingerprint density at radius 1 is 0.970 bits per heavy atom. The molecule has 0 radical (unpaired) electrons. The molecule has 3 N–H and O–H groups in total. The second-order valence-corrected chi connectivity index (χ2v) is 8.64. The SMILES string of the molecule is CC(C)C(=O)Nc1cccc(NC(=S)NC(=O)/C=C/c2ccc(-c3cc(Cl)cc(Cl)c3)o2)c1. The van der Waals surface area contributed by atoms with E-state index < -0.39 is 5.91 Å². The van der Waals surface area contributed by atoms with Crippen molar-refractivity contribution in [3.8, 4) is 11.3 Å². The number of hydrogen-bond acceptors (Lipinski definition) is 4. The Morgan fingerprint density at radius 2 is 1.64 bits per heavy atom. The summed E-state index contributed by atoms with van der Waals surface area (Å²) >= 11 is 17.3. The molecule has 170 valence electrons. The van der Waals surface area contributed by atoms with Crippen LogP contribution in [0.3, 0.4) is 0 Å². The fraction of sp³-hybridized carbons (Fsp3) is 0.125. The lowest BCUT2D eigenvalue weighted by atomic mass is 10.2. The van der Waals surface area contributed by atoms with Gasteiger partial charge in [-0.2, -0.15) is 0 Å². The number of carbonyl (C=O) groups is 2. The van der Waals surface area contributed by atoms with E-state index in [2.05, 4.69) is 16.0 Å². The first-order valence-corrected chi connectivity index (χ1v) is 11.1. The molecule has 0 saturated carbocycles. The van der Waals surface area contributed by atoms with Crippen molar-refractivity contribution in [1.82, 2.24) is 5.32 Å². The number of amides is 2. The molecule has 9 heteroatoms. The van der Waals surface area contributed by atoms with Crippen LogP contribution in [0.1, 0.15) is 19.6 Å². The van der Waals surface area contributed by atoms with Gasteiger partial charge in [-0.1, -0.05) is 43.1 Å². The molecular weight excluding hydrogens is 481 g/mol. The lowest BCUT2D eigenvalue weighted by Crippen LogP contribution is -2.32. The summed E-state index contributed by atoms with van der Waals surface area (Å²) in [6.45, 7) is 3.62. The summed E-state index contributed by atoms with van der Waals surface area (Å²) in [7, 11) is 0. The second kappa shape index (κ2) is 11.1. The Bertz CT molecular complexity index is 1200. The maximum atomic E-state index is 12.2. The highest BCUT2D eigenvalue weighted by atomic mass is 35.5. The van der Waals surface area contributed by atoms with Gasteiger partial charge in [0.1, 0.15) is 11.5 Å². The minimum Gasteiger partial charge on any atom is -0.457 e. The molecule has 0 spiro atoms. The van der Waals surface area contributed by atoms with Crippen molar-refractivity contribution in [2.75, 3.05) is 10.6 Å². The number of hydrogen-bond donors (Lipinski definition) is 3. The highest BCUT2D eigenvalue weighted by molar-refractivity contribution is 7.80. The van der Waals surface area contributed by atoms with Crippen LogP contribution in [0.4, 0.5) is 11.4 Å². The molecule has 3 aromatic rings. The normalized spacial score (nSPS) is 10.9. The molecule has 2 aromatic carbocycles. The summed E-state index contributed by atoms with van der Waals surface area (Å²) in [5, 5.41) is 9.40. The topological polar surface area (TPSA) is 83.4 Å². The summed E-state index contributed by atoms with van der Waals surface area (Å²) in [5.74, 6) is 0.389. The minimum atomic E-state index is -0.430. The fourth-order valence-electron chi connectivity index (χ4n) is 2.73. The van der Waals surface area contributed by atoms with Crippen LogP contribution in [0.2, 0.25) is 10.0 Å². The van der Waals surface area contributed by atoms with E-state index in [0.29, 0.717) is 32.9 Å². The smallest absolute Gasteiger partial charge is 0.250 e. The summed E-state index contributed by atoms with van der Waals surface area (Å²) in [4.78, 5) is 24.1. The zero-order valence-electron chi connectivity index (χ0n) is 17.8. The maximum Gasteiger partial charge on any atom is 0.250 e. The molecule has 2 amide bonds. The molecule has 33 heavy (non-hydrogen) atoms. The third-order valence-corrected chi connectivity index (χ3v) is 4.96. The summed E-state index contributed by atoms with van der Waals surface area (Å²) in [6.07, 6.45) is 2.83. The Kier molecular flexibility index (Phi) is 8.27. The first kappa shape index (κ1) is 24.5. The molecule has 0 atom stereocenters. The van der Waals surface area contributed by atoms with Gasteiger partial charge in [-0.15, -0.1) is 0 Å².